The molecular weight excluding hydrogens is 244 g/mol. The minimum absolute atomic E-state index is 0.0771. The average molecular weight is 270 g/mol. The number of carboxylic acids is 1. The summed E-state index contributed by atoms with van der Waals surface area (Å²) in [6.07, 6.45) is 5.11. The van der Waals surface area contributed by atoms with Gasteiger partial charge in [-0.15, -0.1) is 0 Å². The molecule has 3 N–H and O–H groups in total. The van der Waals surface area contributed by atoms with E-state index in [2.05, 4.69) is 10.6 Å². The molecule has 0 aromatic rings. The zero-order valence-corrected chi connectivity index (χ0v) is 12.1. The van der Waals surface area contributed by atoms with Crippen molar-refractivity contribution in [3.8, 4) is 0 Å². The lowest BCUT2D eigenvalue weighted by Gasteiger charge is -2.23. The van der Waals surface area contributed by atoms with Gasteiger partial charge in [0.05, 0.1) is 0 Å². The van der Waals surface area contributed by atoms with Gasteiger partial charge in [-0.3, -0.25) is 0 Å². The van der Waals surface area contributed by atoms with Crippen LogP contribution in [0.1, 0.15) is 52.9 Å². The van der Waals surface area contributed by atoms with Crippen molar-refractivity contribution in [2.45, 2.75) is 65.0 Å². The summed E-state index contributed by atoms with van der Waals surface area (Å²) in [7, 11) is 0. The van der Waals surface area contributed by atoms with Crippen molar-refractivity contribution >= 4 is 12.0 Å². The second kappa shape index (κ2) is 7.36. The molecule has 110 valence electrons. The number of amides is 2. The van der Waals surface area contributed by atoms with E-state index in [9.17, 15) is 9.59 Å². The van der Waals surface area contributed by atoms with Crippen LogP contribution in [0.3, 0.4) is 0 Å². The monoisotopic (exact) mass is 270 g/mol. The van der Waals surface area contributed by atoms with Crippen LogP contribution in [-0.2, 0) is 4.79 Å². The molecule has 1 saturated carbocycles. The van der Waals surface area contributed by atoms with Gasteiger partial charge >= 0.3 is 12.0 Å². The fourth-order valence-corrected chi connectivity index (χ4v) is 2.13. The summed E-state index contributed by atoms with van der Waals surface area (Å²) in [5, 5.41) is 14.6. The van der Waals surface area contributed by atoms with Crippen LogP contribution in [0.25, 0.3) is 0 Å². The molecule has 0 bridgehead atoms. The van der Waals surface area contributed by atoms with E-state index in [4.69, 9.17) is 5.11 Å². The van der Waals surface area contributed by atoms with E-state index >= 15 is 0 Å². The molecule has 1 aliphatic rings. The maximum absolute atomic E-state index is 11.9. The molecule has 5 nitrogen and oxygen atoms in total. The van der Waals surface area contributed by atoms with Gasteiger partial charge in [-0.2, -0.15) is 0 Å². The van der Waals surface area contributed by atoms with E-state index in [1.807, 2.05) is 20.8 Å². The van der Waals surface area contributed by atoms with E-state index in [0.29, 0.717) is 0 Å². The molecular formula is C14H26N2O3. The number of hydrogen-bond acceptors (Lipinski definition) is 2. The molecule has 1 unspecified atom stereocenters. The van der Waals surface area contributed by atoms with Gasteiger partial charge in [0, 0.05) is 6.04 Å². The summed E-state index contributed by atoms with van der Waals surface area (Å²) >= 11 is 0. The van der Waals surface area contributed by atoms with Crippen LogP contribution in [0.5, 0.6) is 0 Å². The highest BCUT2D eigenvalue weighted by Crippen LogP contribution is 2.33. The third-order valence-electron chi connectivity index (χ3n) is 3.91. The molecule has 1 aliphatic carbocycles. The van der Waals surface area contributed by atoms with E-state index in [-0.39, 0.29) is 18.0 Å². The van der Waals surface area contributed by atoms with Gasteiger partial charge in [-0.25, -0.2) is 9.59 Å². The quantitative estimate of drug-likeness (QED) is 0.633. The maximum atomic E-state index is 11.9. The summed E-state index contributed by atoms with van der Waals surface area (Å²) in [6, 6.07) is -1.03. The predicted molar refractivity (Wildman–Crippen MR) is 74.0 cm³/mol. The van der Waals surface area contributed by atoms with Crippen molar-refractivity contribution in [3.05, 3.63) is 0 Å². The van der Waals surface area contributed by atoms with Crippen molar-refractivity contribution < 1.29 is 14.7 Å². The average Bonchev–Trinajstić information content (AvgIpc) is 3.17. The summed E-state index contributed by atoms with van der Waals surface area (Å²) in [6.45, 7) is 5.79. The molecule has 5 heteroatoms. The van der Waals surface area contributed by atoms with Crippen molar-refractivity contribution in [2.75, 3.05) is 0 Å². The van der Waals surface area contributed by atoms with E-state index in [1.165, 1.54) is 12.8 Å². The molecule has 19 heavy (non-hydrogen) atoms. The third kappa shape index (κ3) is 5.49. The van der Waals surface area contributed by atoms with Crippen LogP contribution in [0.15, 0.2) is 0 Å². The number of urea groups is 1. The first-order valence-electron chi connectivity index (χ1n) is 7.27. The fourth-order valence-electron chi connectivity index (χ4n) is 2.13. The molecule has 2 amide bonds. The topological polar surface area (TPSA) is 78.4 Å². The number of hydrogen-bond donors (Lipinski definition) is 3. The molecule has 0 spiro atoms. The normalized spacial score (nSPS) is 19.3. The van der Waals surface area contributed by atoms with E-state index in [1.54, 1.807) is 0 Å². The molecule has 0 aliphatic heterocycles. The fraction of sp³-hybridized carbons (Fsp3) is 0.857. The van der Waals surface area contributed by atoms with Crippen molar-refractivity contribution in [1.82, 2.24) is 10.6 Å². The zero-order valence-electron chi connectivity index (χ0n) is 12.1. The largest absolute Gasteiger partial charge is 0.480 e. The lowest BCUT2D eigenvalue weighted by molar-refractivity contribution is -0.140. The highest BCUT2D eigenvalue weighted by atomic mass is 16.4. The number of carbonyl (C=O) groups is 2. The second-order valence-corrected chi connectivity index (χ2v) is 5.60. The number of carbonyl (C=O) groups excluding carboxylic acids is 1. The molecule has 0 aromatic heterocycles. The van der Waals surface area contributed by atoms with Gasteiger partial charge in [0.25, 0.3) is 0 Å². The van der Waals surface area contributed by atoms with Gasteiger partial charge in [-0.1, -0.05) is 40.0 Å². The molecule has 1 fully saturated rings. The van der Waals surface area contributed by atoms with Crippen molar-refractivity contribution in [1.29, 1.82) is 0 Å². The lowest BCUT2D eigenvalue weighted by Crippen LogP contribution is -2.51. The smallest absolute Gasteiger partial charge is 0.326 e. The first-order chi connectivity index (χ1) is 8.97. The molecule has 0 aromatic carbocycles. The highest BCUT2D eigenvalue weighted by molar-refractivity contribution is 5.82. The minimum atomic E-state index is -0.972. The lowest BCUT2D eigenvalue weighted by atomic mass is 9.99. The Labute approximate surface area is 115 Å². The SMILES string of the molecule is CCC(CC1CC1)NC(=O)N[C@H](C(=O)O)[C@@H](C)CC. The molecule has 0 saturated heterocycles. The Balaban J connectivity index is 2.43. The first kappa shape index (κ1) is 15.8. The van der Waals surface area contributed by atoms with Crippen molar-refractivity contribution in [2.24, 2.45) is 11.8 Å². The number of rotatable bonds is 8. The summed E-state index contributed by atoms with van der Waals surface area (Å²) in [4.78, 5) is 23.0. The Bertz CT molecular complexity index is 316. The van der Waals surface area contributed by atoms with Crippen LogP contribution in [-0.4, -0.2) is 29.2 Å². The second-order valence-electron chi connectivity index (χ2n) is 5.60. The molecule has 0 heterocycles. The Hall–Kier alpha value is -1.26. The van der Waals surface area contributed by atoms with Crippen LogP contribution in [0.4, 0.5) is 4.79 Å². The third-order valence-corrected chi connectivity index (χ3v) is 3.91. The van der Waals surface area contributed by atoms with Gasteiger partial charge in [-0.05, 0) is 24.7 Å². The van der Waals surface area contributed by atoms with Gasteiger partial charge < -0.3 is 15.7 Å². The summed E-state index contributed by atoms with van der Waals surface area (Å²) in [5.74, 6) is -0.304. The van der Waals surface area contributed by atoms with Crippen LogP contribution < -0.4 is 10.6 Å². The molecule has 1 rings (SSSR count). The number of carboxylic acid groups (broad SMARTS) is 1. The zero-order chi connectivity index (χ0) is 14.4. The number of nitrogens with one attached hydrogen (secondary N) is 2. The van der Waals surface area contributed by atoms with Crippen LogP contribution in [0.2, 0.25) is 0 Å². The van der Waals surface area contributed by atoms with Crippen LogP contribution in [0, 0.1) is 11.8 Å². The first-order valence-corrected chi connectivity index (χ1v) is 7.27. The number of aliphatic carboxylic acids is 1. The Morgan fingerprint density at radius 1 is 1.21 bits per heavy atom. The maximum Gasteiger partial charge on any atom is 0.326 e. The standard InChI is InChI=1S/C14H26N2O3/c1-4-9(3)12(13(17)18)16-14(19)15-11(5-2)8-10-6-7-10/h9-12H,4-8H2,1-3H3,(H,17,18)(H2,15,16,19)/t9-,11?,12-/m0/s1. The van der Waals surface area contributed by atoms with Gasteiger partial charge in [0.15, 0.2) is 0 Å². The Kier molecular flexibility index (Phi) is 6.12. The minimum Gasteiger partial charge on any atom is -0.480 e. The molecule has 3 atom stereocenters. The van der Waals surface area contributed by atoms with E-state index < -0.39 is 12.0 Å². The molecule has 0 radical (unpaired) electrons. The summed E-state index contributed by atoms with van der Waals surface area (Å²) < 4.78 is 0. The van der Waals surface area contributed by atoms with Gasteiger partial charge in [0.1, 0.15) is 6.04 Å². The van der Waals surface area contributed by atoms with Crippen LogP contribution >= 0.6 is 0 Å². The summed E-state index contributed by atoms with van der Waals surface area (Å²) in [5.41, 5.74) is 0. The van der Waals surface area contributed by atoms with Gasteiger partial charge in [0.2, 0.25) is 0 Å². The van der Waals surface area contributed by atoms with Crippen molar-refractivity contribution in [3.63, 3.8) is 0 Å². The predicted octanol–water partition coefficient (Wildman–Crippen LogP) is 2.36. The Morgan fingerprint density at radius 3 is 2.26 bits per heavy atom. The Morgan fingerprint density at radius 2 is 1.84 bits per heavy atom. The van der Waals surface area contributed by atoms with E-state index in [0.717, 1.165) is 25.2 Å². The highest BCUT2D eigenvalue weighted by Gasteiger charge is 2.28.